The lowest BCUT2D eigenvalue weighted by atomic mass is 9.75. The monoisotopic (exact) mass is 241 g/mol. The second kappa shape index (κ2) is 7.00. The van der Waals surface area contributed by atoms with E-state index < -0.39 is 11.4 Å². The van der Waals surface area contributed by atoms with Gasteiger partial charge in [-0.3, -0.25) is 4.79 Å². The van der Waals surface area contributed by atoms with E-state index in [9.17, 15) is 9.90 Å². The Hall–Kier alpha value is -0.570. The van der Waals surface area contributed by atoms with Crippen molar-refractivity contribution in [3.63, 3.8) is 0 Å². The Labute approximate surface area is 105 Å². The molecule has 17 heavy (non-hydrogen) atoms. The second-order valence-electron chi connectivity index (χ2n) is 5.38. The van der Waals surface area contributed by atoms with Gasteiger partial charge in [-0.15, -0.1) is 0 Å². The SMILES string of the molecule is CCCCCN1CCC(CCC)(C(=O)O)CC1. The fourth-order valence-corrected chi connectivity index (χ4v) is 2.84. The molecule has 3 nitrogen and oxygen atoms in total. The van der Waals surface area contributed by atoms with Gasteiger partial charge in [0, 0.05) is 0 Å². The van der Waals surface area contributed by atoms with E-state index in [1.54, 1.807) is 0 Å². The zero-order valence-electron chi connectivity index (χ0n) is 11.4. The van der Waals surface area contributed by atoms with Crippen LogP contribution in [-0.4, -0.2) is 35.6 Å². The van der Waals surface area contributed by atoms with Crippen LogP contribution in [0.25, 0.3) is 0 Å². The van der Waals surface area contributed by atoms with Gasteiger partial charge in [0.1, 0.15) is 0 Å². The van der Waals surface area contributed by atoms with Crippen molar-refractivity contribution < 1.29 is 9.90 Å². The maximum Gasteiger partial charge on any atom is 0.309 e. The third-order valence-electron chi connectivity index (χ3n) is 4.07. The van der Waals surface area contributed by atoms with Crippen molar-refractivity contribution in [2.24, 2.45) is 5.41 Å². The van der Waals surface area contributed by atoms with Crippen molar-refractivity contribution in [1.82, 2.24) is 4.90 Å². The van der Waals surface area contributed by atoms with E-state index in [1.807, 2.05) is 0 Å². The molecule has 0 radical (unpaired) electrons. The number of likely N-dealkylation sites (tertiary alicyclic amines) is 1. The quantitative estimate of drug-likeness (QED) is 0.696. The van der Waals surface area contributed by atoms with E-state index in [1.165, 1.54) is 19.3 Å². The van der Waals surface area contributed by atoms with E-state index in [-0.39, 0.29) is 0 Å². The van der Waals surface area contributed by atoms with E-state index in [2.05, 4.69) is 18.7 Å². The molecule has 3 heteroatoms. The van der Waals surface area contributed by atoms with Gasteiger partial charge < -0.3 is 10.0 Å². The molecule has 0 bridgehead atoms. The molecule has 0 unspecified atom stereocenters. The summed E-state index contributed by atoms with van der Waals surface area (Å²) >= 11 is 0. The molecule has 100 valence electrons. The number of unbranched alkanes of at least 4 members (excludes halogenated alkanes) is 2. The number of nitrogens with zero attached hydrogens (tertiary/aromatic N) is 1. The van der Waals surface area contributed by atoms with E-state index in [0.717, 1.165) is 45.3 Å². The standard InChI is InChI=1S/C14H27NO2/c1-3-5-6-10-15-11-8-14(7-4-2,9-12-15)13(16)17/h3-12H2,1-2H3,(H,16,17). The maximum absolute atomic E-state index is 11.4. The molecular formula is C14H27NO2. The van der Waals surface area contributed by atoms with Crippen molar-refractivity contribution >= 4 is 5.97 Å². The average Bonchev–Trinajstić information content (AvgIpc) is 2.32. The molecule has 1 heterocycles. The van der Waals surface area contributed by atoms with Gasteiger partial charge in [-0.2, -0.15) is 0 Å². The Bertz CT molecular complexity index is 232. The minimum Gasteiger partial charge on any atom is -0.481 e. The molecule has 0 aromatic heterocycles. The molecule has 0 aromatic carbocycles. The van der Waals surface area contributed by atoms with Crippen LogP contribution in [0, 0.1) is 5.41 Å². The number of carboxylic acid groups (broad SMARTS) is 1. The average molecular weight is 241 g/mol. The zero-order valence-corrected chi connectivity index (χ0v) is 11.4. The maximum atomic E-state index is 11.4. The number of piperidine rings is 1. The van der Waals surface area contributed by atoms with Crippen LogP contribution < -0.4 is 0 Å². The Kier molecular flexibility index (Phi) is 5.96. The number of rotatable bonds is 7. The lowest BCUT2D eigenvalue weighted by molar-refractivity contribution is -0.152. The third-order valence-corrected chi connectivity index (χ3v) is 4.07. The van der Waals surface area contributed by atoms with Crippen LogP contribution in [0.2, 0.25) is 0 Å². The smallest absolute Gasteiger partial charge is 0.309 e. The molecule has 1 fully saturated rings. The highest BCUT2D eigenvalue weighted by molar-refractivity contribution is 5.74. The summed E-state index contributed by atoms with van der Waals surface area (Å²) < 4.78 is 0. The van der Waals surface area contributed by atoms with Crippen molar-refractivity contribution in [1.29, 1.82) is 0 Å². The summed E-state index contributed by atoms with van der Waals surface area (Å²) in [4.78, 5) is 13.9. The lowest BCUT2D eigenvalue weighted by Gasteiger charge is -2.38. The molecule has 0 aromatic rings. The molecule has 1 aliphatic rings. The molecule has 1 rings (SSSR count). The van der Waals surface area contributed by atoms with Crippen LogP contribution in [0.4, 0.5) is 0 Å². The van der Waals surface area contributed by atoms with E-state index in [4.69, 9.17) is 0 Å². The zero-order chi connectivity index (χ0) is 12.7. The summed E-state index contributed by atoms with van der Waals surface area (Å²) in [5.41, 5.74) is -0.421. The van der Waals surface area contributed by atoms with Gasteiger partial charge in [0.15, 0.2) is 0 Å². The number of hydrogen-bond acceptors (Lipinski definition) is 2. The second-order valence-corrected chi connectivity index (χ2v) is 5.38. The molecule has 1 aliphatic heterocycles. The molecule has 0 spiro atoms. The summed E-state index contributed by atoms with van der Waals surface area (Å²) in [7, 11) is 0. The van der Waals surface area contributed by atoms with Crippen LogP contribution >= 0.6 is 0 Å². The Balaban J connectivity index is 2.39. The van der Waals surface area contributed by atoms with Crippen LogP contribution in [-0.2, 0) is 4.79 Å². The minimum absolute atomic E-state index is 0.421. The Morgan fingerprint density at radius 1 is 1.18 bits per heavy atom. The lowest BCUT2D eigenvalue weighted by Crippen LogP contribution is -2.44. The van der Waals surface area contributed by atoms with E-state index >= 15 is 0 Å². The topological polar surface area (TPSA) is 40.5 Å². The van der Waals surface area contributed by atoms with Gasteiger partial charge in [0.05, 0.1) is 5.41 Å². The first-order valence-corrected chi connectivity index (χ1v) is 7.10. The Morgan fingerprint density at radius 2 is 1.82 bits per heavy atom. The number of carbonyl (C=O) groups is 1. The van der Waals surface area contributed by atoms with Crippen LogP contribution in [0.3, 0.4) is 0 Å². The number of hydrogen-bond donors (Lipinski definition) is 1. The first-order valence-electron chi connectivity index (χ1n) is 7.10. The van der Waals surface area contributed by atoms with Gasteiger partial charge in [-0.25, -0.2) is 0 Å². The van der Waals surface area contributed by atoms with Crippen molar-refractivity contribution in [2.45, 2.75) is 58.8 Å². The first-order chi connectivity index (χ1) is 8.14. The molecule has 0 atom stereocenters. The highest BCUT2D eigenvalue weighted by atomic mass is 16.4. The fourth-order valence-electron chi connectivity index (χ4n) is 2.84. The normalized spacial score (nSPS) is 20.4. The molecular weight excluding hydrogens is 214 g/mol. The molecule has 1 saturated heterocycles. The predicted octanol–water partition coefficient (Wildman–Crippen LogP) is 3.14. The summed E-state index contributed by atoms with van der Waals surface area (Å²) in [6.07, 6.45) is 7.28. The predicted molar refractivity (Wildman–Crippen MR) is 70.2 cm³/mol. The Morgan fingerprint density at radius 3 is 2.29 bits per heavy atom. The summed E-state index contributed by atoms with van der Waals surface area (Å²) in [5.74, 6) is -0.576. The van der Waals surface area contributed by atoms with Crippen LogP contribution in [0.5, 0.6) is 0 Å². The van der Waals surface area contributed by atoms with Crippen LogP contribution in [0.1, 0.15) is 58.8 Å². The minimum atomic E-state index is -0.576. The third kappa shape index (κ3) is 3.98. The summed E-state index contributed by atoms with van der Waals surface area (Å²) in [6, 6.07) is 0. The molecule has 0 amide bonds. The molecule has 1 N–H and O–H groups in total. The van der Waals surface area contributed by atoms with Gasteiger partial charge in [-0.1, -0.05) is 33.1 Å². The number of aliphatic carboxylic acids is 1. The van der Waals surface area contributed by atoms with Gasteiger partial charge in [-0.05, 0) is 45.3 Å². The van der Waals surface area contributed by atoms with Gasteiger partial charge in [0.25, 0.3) is 0 Å². The van der Waals surface area contributed by atoms with Crippen LogP contribution in [0.15, 0.2) is 0 Å². The number of carboxylic acids is 1. The van der Waals surface area contributed by atoms with Gasteiger partial charge in [0.2, 0.25) is 0 Å². The largest absolute Gasteiger partial charge is 0.481 e. The van der Waals surface area contributed by atoms with Crippen molar-refractivity contribution in [3.05, 3.63) is 0 Å². The van der Waals surface area contributed by atoms with Crippen molar-refractivity contribution in [2.75, 3.05) is 19.6 Å². The van der Waals surface area contributed by atoms with Crippen molar-refractivity contribution in [3.8, 4) is 0 Å². The van der Waals surface area contributed by atoms with Gasteiger partial charge >= 0.3 is 5.97 Å². The summed E-state index contributed by atoms with van der Waals surface area (Å²) in [5, 5.41) is 9.40. The fraction of sp³-hybridized carbons (Fsp3) is 0.929. The highest BCUT2D eigenvalue weighted by Gasteiger charge is 2.40. The molecule has 0 saturated carbocycles. The summed E-state index contributed by atoms with van der Waals surface area (Å²) in [6.45, 7) is 7.38. The highest BCUT2D eigenvalue weighted by Crippen LogP contribution is 2.36. The molecule has 0 aliphatic carbocycles. The first kappa shape index (κ1) is 14.5. The van der Waals surface area contributed by atoms with E-state index in [0.29, 0.717) is 0 Å².